The van der Waals surface area contributed by atoms with Crippen molar-refractivity contribution in [2.45, 2.75) is 111 Å². The highest BCUT2D eigenvalue weighted by Crippen LogP contribution is 2.41. The predicted molar refractivity (Wildman–Crippen MR) is 178 cm³/mol. The number of aromatic nitrogens is 3. The normalized spacial score (nSPS) is 12.8. The molecule has 3 aromatic rings. The fourth-order valence-electron chi connectivity index (χ4n) is 5.89. The number of likely N-dealkylation sites (N-methyl/N-ethyl adjacent to an activating group) is 1. The zero-order valence-corrected chi connectivity index (χ0v) is 29.2. The van der Waals surface area contributed by atoms with Crippen molar-refractivity contribution in [3.63, 3.8) is 0 Å². The van der Waals surface area contributed by atoms with Gasteiger partial charge in [0.15, 0.2) is 0 Å². The van der Waals surface area contributed by atoms with Crippen LogP contribution in [0.4, 0.5) is 10.6 Å². The molecule has 3 heterocycles. The summed E-state index contributed by atoms with van der Waals surface area (Å²) in [4.78, 5) is 36.8. The first kappa shape index (κ1) is 33.9. The van der Waals surface area contributed by atoms with E-state index in [1.54, 1.807) is 34.7 Å². The van der Waals surface area contributed by atoms with Crippen LogP contribution >= 0.6 is 0 Å². The second kappa shape index (κ2) is 12.9. The van der Waals surface area contributed by atoms with Gasteiger partial charge in [-0.3, -0.25) is 14.1 Å². The summed E-state index contributed by atoms with van der Waals surface area (Å²) in [5.74, 6) is 3.45. The Bertz CT molecular complexity index is 1530. The van der Waals surface area contributed by atoms with Gasteiger partial charge in [-0.15, -0.1) is 5.54 Å². The molecule has 0 saturated carbocycles. The standard InChI is InChI=1S/C34H49N5O3Si/c1-21(2)43(22(3)4,23(5)6)18-17-28-19-27(29-15-14-16-31-35-24(7)25(8)39(29)31)20-30(36-28)37-32(40)26(9)38(13)33(41)42-34(10,11)12/h14-16,19-23,26H,1-13H3,(H,36,37,40). The van der Waals surface area contributed by atoms with Gasteiger partial charge >= 0.3 is 6.09 Å². The van der Waals surface area contributed by atoms with Gasteiger partial charge in [0.05, 0.1) is 11.4 Å². The first-order valence-corrected chi connectivity index (χ1v) is 17.4. The molecule has 1 N–H and O–H groups in total. The smallest absolute Gasteiger partial charge is 0.410 e. The molecule has 232 valence electrons. The molecule has 0 aliphatic carbocycles. The fourth-order valence-corrected chi connectivity index (χ4v) is 11.1. The summed E-state index contributed by atoms with van der Waals surface area (Å²) in [6.45, 7) is 24.8. The minimum absolute atomic E-state index is 0.369. The lowest BCUT2D eigenvalue weighted by Gasteiger charge is -2.38. The summed E-state index contributed by atoms with van der Waals surface area (Å²) >= 11 is 0. The Balaban J connectivity index is 2.14. The lowest BCUT2D eigenvalue weighted by molar-refractivity contribution is -0.120. The molecule has 0 aliphatic rings. The quantitative estimate of drug-likeness (QED) is 0.220. The second-order valence-corrected chi connectivity index (χ2v) is 19.0. The molecule has 9 heteroatoms. The Kier molecular flexibility index (Phi) is 10.2. The number of anilines is 1. The van der Waals surface area contributed by atoms with E-state index in [1.165, 1.54) is 4.90 Å². The highest BCUT2D eigenvalue weighted by atomic mass is 28.3. The number of rotatable bonds is 7. The summed E-state index contributed by atoms with van der Waals surface area (Å²) in [6.07, 6.45) is -0.571. The maximum atomic E-state index is 13.4. The summed E-state index contributed by atoms with van der Waals surface area (Å²) in [7, 11) is -0.479. The van der Waals surface area contributed by atoms with E-state index >= 15 is 0 Å². The lowest BCUT2D eigenvalue weighted by atomic mass is 10.1. The van der Waals surface area contributed by atoms with Crippen LogP contribution in [0.15, 0.2) is 30.3 Å². The van der Waals surface area contributed by atoms with Gasteiger partial charge in [0, 0.05) is 18.3 Å². The van der Waals surface area contributed by atoms with Crippen molar-refractivity contribution >= 4 is 31.5 Å². The van der Waals surface area contributed by atoms with Crippen LogP contribution in [0.25, 0.3) is 16.9 Å². The van der Waals surface area contributed by atoms with E-state index in [9.17, 15) is 9.59 Å². The van der Waals surface area contributed by atoms with Crippen molar-refractivity contribution in [2.24, 2.45) is 0 Å². The molecule has 0 saturated heterocycles. The van der Waals surface area contributed by atoms with Gasteiger partial charge in [0.1, 0.15) is 36.9 Å². The molecule has 3 aromatic heterocycles. The van der Waals surface area contributed by atoms with E-state index in [0.29, 0.717) is 28.1 Å². The van der Waals surface area contributed by atoms with E-state index in [2.05, 4.69) is 62.7 Å². The van der Waals surface area contributed by atoms with Crippen LogP contribution in [0.3, 0.4) is 0 Å². The van der Waals surface area contributed by atoms with E-state index in [0.717, 1.165) is 28.3 Å². The second-order valence-electron chi connectivity index (χ2n) is 13.4. The Morgan fingerprint density at radius 1 is 0.977 bits per heavy atom. The number of amides is 2. The minimum atomic E-state index is -2.03. The monoisotopic (exact) mass is 603 g/mol. The average Bonchev–Trinajstić information content (AvgIpc) is 3.19. The fraction of sp³-hybridized carbons (Fsp3) is 0.529. The van der Waals surface area contributed by atoms with Gasteiger partial charge in [-0.2, -0.15) is 0 Å². The third kappa shape index (κ3) is 7.30. The van der Waals surface area contributed by atoms with Gasteiger partial charge in [0.25, 0.3) is 0 Å². The highest BCUT2D eigenvalue weighted by Gasteiger charge is 2.41. The molecule has 3 rings (SSSR count). The van der Waals surface area contributed by atoms with Crippen LogP contribution < -0.4 is 5.32 Å². The summed E-state index contributed by atoms with van der Waals surface area (Å²) in [6, 6.07) is 9.05. The van der Waals surface area contributed by atoms with Crippen LogP contribution in [0.2, 0.25) is 16.6 Å². The molecule has 0 aliphatic heterocycles. The molecule has 0 bridgehead atoms. The third-order valence-corrected chi connectivity index (χ3v) is 14.7. The van der Waals surface area contributed by atoms with Gasteiger partial charge in [-0.05, 0) is 82.4 Å². The number of ether oxygens (including phenoxy) is 1. The minimum Gasteiger partial charge on any atom is -0.444 e. The van der Waals surface area contributed by atoms with E-state index in [-0.39, 0.29) is 5.91 Å². The molecule has 0 radical (unpaired) electrons. The van der Waals surface area contributed by atoms with E-state index < -0.39 is 25.8 Å². The molecular weight excluding hydrogens is 554 g/mol. The molecular formula is C34H49N5O3Si. The number of carbonyl (C=O) groups is 2. The number of nitrogens with one attached hydrogen (secondary N) is 1. The first-order valence-electron chi connectivity index (χ1n) is 15.2. The van der Waals surface area contributed by atoms with Crippen molar-refractivity contribution in [3.8, 4) is 22.7 Å². The number of fused-ring (bicyclic) bond motifs is 1. The Morgan fingerprint density at radius 3 is 2.14 bits per heavy atom. The average molecular weight is 604 g/mol. The molecule has 43 heavy (non-hydrogen) atoms. The zero-order chi connectivity index (χ0) is 32.4. The number of hydrogen-bond acceptors (Lipinski definition) is 5. The number of pyridine rings is 2. The van der Waals surface area contributed by atoms with Crippen molar-refractivity contribution in [1.82, 2.24) is 19.3 Å². The number of imidazole rings is 1. The van der Waals surface area contributed by atoms with Crippen LogP contribution in [0, 0.1) is 25.3 Å². The first-order chi connectivity index (χ1) is 19.9. The predicted octanol–water partition coefficient (Wildman–Crippen LogP) is 7.78. The Morgan fingerprint density at radius 2 is 1.58 bits per heavy atom. The maximum Gasteiger partial charge on any atom is 0.410 e. The van der Waals surface area contributed by atoms with Crippen LogP contribution in [0.1, 0.15) is 86.3 Å². The summed E-state index contributed by atoms with van der Waals surface area (Å²) in [5, 5.41) is 2.94. The SMILES string of the molecule is Cc1nc2cccc(-c3cc(C#C[Si](C(C)C)(C(C)C)C(C)C)nc(NC(=O)C(C)N(C)C(=O)OC(C)(C)C)c3)n2c1C. The molecule has 8 nitrogen and oxygen atoms in total. The molecule has 2 amide bonds. The Labute approximate surface area is 258 Å². The Hall–Kier alpha value is -3.64. The number of carbonyl (C=O) groups excluding carboxylic acids is 2. The summed E-state index contributed by atoms with van der Waals surface area (Å²) in [5.41, 5.74) is 9.72. The van der Waals surface area contributed by atoms with E-state index in [1.807, 2.05) is 44.2 Å². The molecule has 1 atom stereocenters. The largest absolute Gasteiger partial charge is 0.444 e. The van der Waals surface area contributed by atoms with Crippen LogP contribution in [-0.4, -0.2) is 58.0 Å². The van der Waals surface area contributed by atoms with E-state index in [4.69, 9.17) is 14.7 Å². The van der Waals surface area contributed by atoms with Crippen LogP contribution in [0.5, 0.6) is 0 Å². The van der Waals surface area contributed by atoms with Crippen molar-refractivity contribution < 1.29 is 14.3 Å². The number of hydrogen-bond donors (Lipinski definition) is 1. The molecule has 0 spiro atoms. The maximum absolute atomic E-state index is 13.4. The summed E-state index contributed by atoms with van der Waals surface area (Å²) < 4.78 is 7.57. The van der Waals surface area contributed by atoms with Crippen LogP contribution in [-0.2, 0) is 9.53 Å². The number of nitrogens with zero attached hydrogens (tertiary/aromatic N) is 4. The lowest BCUT2D eigenvalue weighted by Crippen LogP contribution is -2.45. The van der Waals surface area contributed by atoms with Crippen molar-refractivity contribution in [1.29, 1.82) is 0 Å². The number of aryl methyl sites for hydroxylation is 2. The molecule has 0 aromatic carbocycles. The zero-order valence-electron chi connectivity index (χ0n) is 28.2. The molecule has 0 fully saturated rings. The van der Waals surface area contributed by atoms with Crippen molar-refractivity contribution in [3.05, 3.63) is 47.4 Å². The van der Waals surface area contributed by atoms with Gasteiger partial charge in [-0.25, -0.2) is 14.8 Å². The van der Waals surface area contributed by atoms with Gasteiger partial charge in [-0.1, -0.05) is 53.5 Å². The highest BCUT2D eigenvalue weighted by molar-refractivity contribution is 6.90. The van der Waals surface area contributed by atoms with Crippen molar-refractivity contribution in [2.75, 3.05) is 12.4 Å². The molecule has 1 unspecified atom stereocenters. The third-order valence-electron chi connectivity index (χ3n) is 8.40. The topological polar surface area (TPSA) is 88.8 Å². The van der Waals surface area contributed by atoms with Gasteiger partial charge in [0.2, 0.25) is 5.91 Å². The van der Waals surface area contributed by atoms with Gasteiger partial charge < -0.3 is 10.1 Å².